The number of carboxylic acids is 1. The van der Waals surface area contributed by atoms with Gasteiger partial charge >= 0.3 is 12.0 Å². The zero-order valence-electron chi connectivity index (χ0n) is 11.6. The quantitative estimate of drug-likeness (QED) is 0.752. The van der Waals surface area contributed by atoms with E-state index in [9.17, 15) is 18.4 Å². The number of hydrogen-bond donors (Lipinski definition) is 3. The van der Waals surface area contributed by atoms with Crippen molar-refractivity contribution in [3.63, 3.8) is 0 Å². The van der Waals surface area contributed by atoms with E-state index in [1.54, 1.807) is 0 Å². The van der Waals surface area contributed by atoms with Gasteiger partial charge in [0.1, 0.15) is 0 Å². The molecule has 0 saturated heterocycles. The first kappa shape index (κ1) is 16.8. The van der Waals surface area contributed by atoms with E-state index in [-0.39, 0.29) is 18.3 Å². The Balaban J connectivity index is 2.89. The van der Waals surface area contributed by atoms with E-state index in [4.69, 9.17) is 9.84 Å². The summed E-state index contributed by atoms with van der Waals surface area (Å²) in [6.45, 7) is 2.09. The van der Waals surface area contributed by atoms with Crippen molar-refractivity contribution in [3.8, 4) is 0 Å². The van der Waals surface area contributed by atoms with E-state index in [1.165, 1.54) is 7.11 Å². The van der Waals surface area contributed by atoms with Crippen LogP contribution in [0, 0.1) is 11.6 Å². The van der Waals surface area contributed by atoms with Crippen LogP contribution in [0.4, 0.5) is 19.3 Å². The van der Waals surface area contributed by atoms with Gasteiger partial charge < -0.3 is 20.5 Å². The van der Waals surface area contributed by atoms with Crippen LogP contribution in [-0.4, -0.2) is 36.9 Å². The van der Waals surface area contributed by atoms with Gasteiger partial charge in [-0.15, -0.1) is 0 Å². The molecule has 0 aliphatic carbocycles. The molecule has 1 atom stereocenters. The molecular formula is C13H16F2N2O4. The molecule has 1 aromatic carbocycles. The lowest BCUT2D eigenvalue weighted by molar-refractivity contribution is 0.0697. The van der Waals surface area contributed by atoms with E-state index in [1.807, 2.05) is 6.92 Å². The number of anilines is 1. The number of urea groups is 1. The highest BCUT2D eigenvalue weighted by atomic mass is 19.2. The molecule has 0 spiro atoms. The molecule has 8 heteroatoms. The summed E-state index contributed by atoms with van der Waals surface area (Å²) in [5.41, 5.74) is -0.866. The molecule has 1 rings (SSSR count). The zero-order chi connectivity index (χ0) is 16.0. The van der Waals surface area contributed by atoms with Crippen LogP contribution in [0.5, 0.6) is 0 Å². The van der Waals surface area contributed by atoms with Crippen molar-refractivity contribution in [2.45, 2.75) is 19.4 Å². The molecule has 0 heterocycles. The smallest absolute Gasteiger partial charge is 0.337 e. The molecule has 6 nitrogen and oxygen atoms in total. The number of carboxylic acid groups (broad SMARTS) is 1. The Labute approximate surface area is 120 Å². The summed E-state index contributed by atoms with van der Waals surface area (Å²) in [6.07, 6.45) is 0.588. The maximum absolute atomic E-state index is 13.2. The van der Waals surface area contributed by atoms with Gasteiger partial charge in [-0.25, -0.2) is 18.4 Å². The second-order valence-corrected chi connectivity index (χ2v) is 4.28. The molecule has 2 amide bonds. The minimum absolute atomic E-state index is 0.271. The molecule has 1 unspecified atom stereocenters. The summed E-state index contributed by atoms with van der Waals surface area (Å²) >= 11 is 0. The van der Waals surface area contributed by atoms with Crippen molar-refractivity contribution in [1.82, 2.24) is 5.32 Å². The molecule has 21 heavy (non-hydrogen) atoms. The number of benzene rings is 1. The highest BCUT2D eigenvalue weighted by Gasteiger charge is 2.18. The molecule has 1 aromatic rings. The zero-order valence-corrected chi connectivity index (χ0v) is 11.6. The lowest BCUT2D eigenvalue weighted by Crippen LogP contribution is -2.40. The van der Waals surface area contributed by atoms with Gasteiger partial charge in [-0.05, 0) is 12.5 Å². The Hall–Kier alpha value is -2.22. The minimum atomic E-state index is -1.48. The van der Waals surface area contributed by atoms with Crippen LogP contribution in [0.1, 0.15) is 23.7 Å². The fourth-order valence-corrected chi connectivity index (χ4v) is 1.63. The van der Waals surface area contributed by atoms with Gasteiger partial charge in [0.15, 0.2) is 11.6 Å². The van der Waals surface area contributed by atoms with Crippen molar-refractivity contribution in [2.24, 2.45) is 0 Å². The lowest BCUT2D eigenvalue weighted by atomic mass is 10.1. The molecule has 0 radical (unpaired) electrons. The summed E-state index contributed by atoms with van der Waals surface area (Å²) < 4.78 is 31.1. The van der Waals surface area contributed by atoms with Crippen LogP contribution in [0.15, 0.2) is 12.1 Å². The average molecular weight is 302 g/mol. The third-order valence-electron chi connectivity index (χ3n) is 2.73. The molecule has 0 aromatic heterocycles. The predicted molar refractivity (Wildman–Crippen MR) is 71.4 cm³/mol. The third-order valence-corrected chi connectivity index (χ3v) is 2.73. The molecule has 0 aliphatic rings. The second-order valence-electron chi connectivity index (χ2n) is 4.28. The fourth-order valence-electron chi connectivity index (χ4n) is 1.63. The Morgan fingerprint density at radius 3 is 2.48 bits per heavy atom. The van der Waals surface area contributed by atoms with Gasteiger partial charge in [-0.1, -0.05) is 6.92 Å². The summed E-state index contributed by atoms with van der Waals surface area (Å²) in [6, 6.07) is 0.121. The van der Waals surface area contributed by atoms with E-state index in [2.05, 4.69) is 10.6 Å². The Kier molecular flexibility index (Phi) is 6.04. The number of methoxy groups -OCH3 is 1. The van der Waals surface area contributed by atoms with E-state index in [0.29, 0.717) is 18.6 Å². The predicted octanol–water partition coefficient (Wildman–Crippen LogP) is 2.21. The maximum Gasteiger partial charge on any atom is 0.337 e. The normalized spacial score (nSPS) is 11.8. The molecule has 0 saturated carbocycles. The third kappa shape index (κ3) is 4.67. The fraction of sp³-hybridized carbons (Fsp3) is 0.385. The number of carbonyl (C=O) groups excluding carboxylic acids is 1. The van der Waals surface area contributed by atoms with E-state index < -0.39 is 29.2 Å². The van der Waals surface area contributed by atoms with Crippen LogP contribution in [0.2, 0.25) is 0 Å². The first-order chi connectivity index (χ1) is 9.88. The van der Waals surface area contributed by atoms with Crippen LogP contribution >= 0.6 is 0 Å². The monoisotopic (exact) mass is 302 g/mol. The number of carbonyl (C=O) groups is 2. The summed E-state index contributed by atoms with van der Waals surface area (Å²) in [5.74, 6) is -4.03. The van der Waals surface area contributed by atoms with Crippen molar-refractivity contribution < 1.29 is 28.2 Å². The molecule has 116 valence electrons. The largest absolute Gasteiger partial charge is 0.478 e. The number of ether oxygens (including phenoxy) is 1. The summed E-state index contributed by atoms with van der Waals surface area (Å²) in [5, 5.41) is 13.6. The Bertz CT molecular complexity index is 537. The molecule has 0 bridgehead atoms. The van der Waals surface area contributed by atoms with Gasteiger partial charge in [-0.3, -0.25) is 0 Å². The van der Waals surface area contributed by atoms with Crippen LogP contribution in [-0.2, 0) is 4.74 Å². The standard InChI is InChI=1S/C13H16F2N2O4/c1-3-7(6-21-2)16-13(20)17-11-5-10(15)9(14)4-8(11)12(18)19/h4-5,7H,3,6H2,1-2H3,(H,18,19)(H2,16,17,20). The average Bonchev–Trinajstić information content (AvgIpc) is 2.41. The van der Waals surface area contributed by atoms with Crippen LogP contribution < -0.4 is 10.6 Å². The lowest BCUT2D eigenvalue weighted by Gasteiger charge is -2.17. The SMILES string of the molecule is CCC(COC)NC(=O)Nc1cc(F)c(F)cc1C(=O)O. The second kappa shape index (κ2) is 7.53. The Morgan fingerprint density at radius 2 is 1.95 bits per heavy atom. The van der Waals surface area contributed by atoms with Gasteiger partial charge in [0.05, 0.1) is 23.9 Å². The van der Waals surface area contributed by atoms with Crippen molar-refractivity contribution in [3.05, 3.63) is 29.3 Å². The van der Waals surface area contributed by atoms with E-state index in [0.717, 1.165) is 0 Å². The number of aromatic carboxylic acids is 1. The Morgan fingerprint density at radius 1 is 1.33 bits per heavy atom. The number of rotatable bonds is 6. The molecule has 0 fully saturated rings. The van der Waals surface area contributed by atoms with Crippen molar-refractivity contribution in [2.75, 3.05) is 19.0 Å². The number of amides is 2. The highest BCUT2D eigenvalue weighted by Crippen LogP contribution is 2.20. The van der Waals surface area contributed by atoms with Crippen LogP contribution in [0.25, 0.3) is 0 Å². The van der Waals surface area contributed by atoms with Gasteiger partial charge in [-0.2, -0.15) is 0 Å². The number of nitrogens with one attached hydrogen (secondary N) is 2. The highest BCUT2D eigenvalue weighted by molar-refractivity contribution is 6.00. The first-order valence-electron chi connectivity index (χ1n) is 6.17. The van der Waals surface area contributed by atoms with Gasteiger partial charge in [0, 0.05) is 13.2 Å². The first-order valence-corrected chi connectivity index (χ1v) is 6.17. The summed E-state index contributed by atoms with van der Waals surface area (Å²) in [4.78, 5) is 22.7. The molecule has 0 aliphatic heterocycles. The van der Waals surface area contributed by atoms with Crippen LogP contribution in [0.3, 0.4) is 0 Å². The van der Waals surface area contributed by atoms with Crippen molar-refractivity contribution >= 4 is 17.7 Å². The maximum atomic E-state index is 13.2. The minimum Gasteiger partial charge on any atom is -0.478 e. The topological polar surface area (TPSA) is 87.7 Å². The number of halogens is 2. The molecular weight excluding hydrogens is 286 g/mol. The van der Waals surface area contributed by atoms with Gasteiger partial charge in [0.25, 0.3) is 0 Å². The number of hydrogen-bond acceptors (Lipinski definition) is 3. The van der Waals surface area contributed by atoms with Crippen molar-refractivity contribution in [1.29, 1.82) is 0 Å². The molecule has 3 N–H and O–H groups in total. The van der Waals surface area contributed by atoms with E-state index >= 15 is 0 Å². The summed E-state index contributed by atoms with van der Waals surface area (Å²) in [7, 11) is 1.47. The van der Waals surface area contributed by atoms with Gasteiger partial charge in [0.2, 0.25) is 0 Å².